The fourth-order valence-corrected chi connectivity index (χ4v) is 8.52. The molecule has 0 radical (unpaired) electrons. The zero-order chi connectivity index (χ0) is 24.0. The predicted molar refractivity (Wildman–Crippen MR) is 130 cm³/mol. The molecule has 33 heavy (non-hydrogen) atoms. The average molecular weight is 490 g/mol. The van der Waals surface area contributed by atoms with E-state index < -0.39 is 22.9 Å². The maximum absolute atomic E-state index is 10.7. The second-order valence-corrected chi connectivity index (χ2v) is 12.4. The molecule has 4 rings (SSSR count). The van der Waals surface area contributed by atoms with Crippen molar-refractivity contribution < 1.29 is 26.1 Å². The van der Waals surface area contributed by atoms with Crippen LogP contribution in [0.5, 0.6) is 0 Å². The second-order valence-electron chi connectivity index (χ2n) is 7.13. The van der Waals surface area contributed by atoms with Gasteiger partial charge in [0.2, 0.25) is 0 Å². The zero-order valence-electron chi connectivity index (χ0n) is 17.4. The molecule has 0 aliphatic rings. The molecule has 0 aliphatic heterocycles. The van der Waals surface area contributed by atoms with Crippen LogP contribution in [0.3, 0.4) is 0 Å². The van der Waals surface area contributed by atoms with Crippen molar-refractivity contribution in [2.45, 2.75) is 5.51 Å². The Morgan fingerprint density at radius 2 is 0.697 bits per heavy atom. The van der Waals surface area contributed by atoms with Crippen molar-refractivity contribution in [3.05, 3.63) is 121 Å². The Morgan fingerprint density at radius 1 is 0.515 bits per heavy atom. The van der Waals surface area contributed by atoms with Gasteiger partial charge in [0.25, 0.3) is 0 Å². The van der Waals surface area contributed by atoms with Crippen molar-refractivity contribution in [3.8, 4) is 0 Å². The van der Waals surface area contributed by atoms with E-state index in [9.17, 15) is 13.2 Å². The molecule has 4 aromatic carbocycles. The Bertz CT molecular complexity index is 1090. The molecule has 0 unspecified atom stereocenters. The van der Waals surface area contributed by atoms with E-state index in [0.717, 1.165) is 0 Å². The van der Waals surface area contributed by atoms with E-state index in [-0.39, 0.29) is 0 Å². The fourth-order valence-electron chi connectivity index (χ4n) is 3.75. The molecule has 0 spiro atoms. The molecule has 1 N–H and O–H groups in total. The van der Waals surface area contributed by atoms with Gasteiger partial charge in [-0.3, -0.25) is 4.55 Å². The summed E-state index contributed by atoms with van der Waals surface area (Å²) in [4.78, 5) is 0. The zero-order valence-corrected chi connectivity index (χ0v) is 19.2. The van der Waals surface area contributed by atoms with Crippen molar-refractivity contribution >= 4 is 38.6 Å². The van der Waals surface area contributed by atoms with Gasteiger partial charge < -0.3 is 0 Å². The quantitative estimate of drug-likeness (QED) is 0.262. The van der Waals surface area contributed by atoms with Crippen LogP contribution < -0.4 is 21.2 Å². The van der Waals surface area contributed by atoms with Gasteiger partial charge >= 0.3 is 165 Å². The Labute approximate surface area is 191 Å². The normalized spacial score (nSPS) is 12.4. The van der Waals surface area contributed by atoms with Crippen LogP contribution in [0.15, 0.2) is 121 Å². The molecule has 172 valence electrons. The van der Waals surface area contributed by atoms with Crippen LogP contribution in [0.4, 0.5) is 13.2 Å². The third-order valence-corrected chi connectivity index (χ3v) is 10.5. The van der Waals surface area contributed by atoms with Crippen molar-refractivity contribution in [3.63, 3.8) is 0 Å². The van der Waals surface area contributed by atoms with E-state index in [0.29, 0.717) is 0 Å². The van der Waals surface area contributed by atoms with Gasteiger partial charge in [-0.2, -0.15) is 21.6 Å². The van der Waals surface area contributed by atoms with Crippen molar-refractivity contribution in [1.29, 1.82) is 0 Å². The van der Waals surface area contributed by atoms with Gasteiger partial charge in [0.15, 0.2) is 0 Å². The first-order valence-electron chi connectivity index (χ1n) is 9.93. The summed E-state index contributed by atoms with van der Waals surface area (Å²) in [6.07, 6.45) is 0. The van der Waals surface area contributed by atoms with Gasteiger partial charge in [-0.1, -0.05) is 0 Å². The molecule has 0 amide bonds. The number of benzene rings is 4. The van der Waals surface area contributed by atoms with Crippen LogP contribution >= 0.6 is 7.26 Å². The molecule has 0 bridgehead atoms. The third-order valence-electron chi connectivity index (χ3n) is 5.12. The Hall–Kier alpha value is -2.99. The van der Waals surface area contributed by atoms with Gasteiger partial charge in [-0.05, 0) is 0 Å². The van der Waals surface area contributed by atoms with Crippen molar-refractivity contribution in [2.75, 3.05) is 0 Å². The first-order chi connectivity index (χ1) is 15.7. The predicted octanol–water partition coefficient (Wildman–Crippen LogP) is 4.43. The Balaban J connectivity index is 0.000000331. The third kappa shape index (κ3) is 5.50. The van der Waals surface area contributed by atoms with Crippen LogP contribution in [-0.4, -0.2) is 18.5 Å². The molecule has 0 aromatic heterocycles. The van der Waals surface area contributed by atoms with Gasteiger partial charge in [-0.25, -0.2) is 0 Å². The summed E-state index contributed by atoms with van der Waals surface area (Å²) < 4.78 is 57.5. The molecule has 0 saturated carbocycles. The maximum atomic E-state index is 10.7. The average Bonchev–Trinajstić information content (AvgIpc) is 2.82. The molecule has 0 fully saturated rings. The van der Waals surface area contributed by atoms with Crippen LogP contribution in [0.2, 0.25) is 0 Å². The minimum absolute atomic E-state index is 1.42. The van der Waals surface area contributed by atoms with Crippen molar-refractivity contribution in [2.24, 2.45) is 0 Å². The number of rotatable bonds is 4. The molecule has 3 nitrogen and oxygen atoms in total. The Morgan fingerprint density at radius 3 is 0.848 bits per heavy atom. The summed E-state index contributed by atoms with van der Waals surface area (Å²) in [5, 5.41) is 5.66. The second kappa shape index (κ2) is 10.3. The SMILES string of the molecule is O=S(=O)(O)C(F)(F)F.c1ccc([PH](c2ccccc2)(c2ccccc2)c2ccccc2)cc1. The van der Waals surface area contributed by atoms with Crippen molar-refractivity contribution in [1.82, 2.24) is 0 Å². The van der Waals surface area contributed by atoms with E-state index in [1.807, 2.05) is 0 Å². The first-order valence-corrected chi connectivity index (χ1v) is 13.4. The van der Waals surface area contributed by atoms with E-state index in [4.69, 9.17) is 13.0 Å². The van der Waals surface area contributed by atoms with Crippen LogP contribution in [0.1, 0.15) is 0 Å². The summed E-state index contributed by atoms with van der Waals surface area (Å²) in [7, 11) is -8.14. The van der Waals surface area contributed by atoms with E-state index in [1.165, 1.54) is 21.2 Å². The van der Waals surface area contributed by atoms with E-state index in [1.54, 1.807) is 0 Å². The van der Waals surface area contributed by atoms with Gasteiger partial charge in [-0.15, -0.1) is 0 Å². The molecule has 0 heterocycles. The summed E-state index contributed by atoms with van der Waals surface area (Å²) in [6.45, 7) is 0. The van der Waals surface area contributed by atoms with Crippen LogP contribution in [-0.2, 0) is 10.1 Å². The van der Waals surface area contributed by atoms with E-state index in [2.05, 4.69) is 121 Å². The number of alkyl halides is 3. The standard InChI is InChI=1S/C24H21P.CHF3O3S/c1-5-13-21(14-6-1)25(22-15-7-2-8-16-22,23-17-9-3-10-18-23)24-19-11-4-12-20-24;2-1(3,4)8(5,6)7/h1-20,25H;(H,5,6,7). The van der Waals surface area contributed by atoms with Gasteiger partial charge in [0.1, 0.15) is 0 Å². The summed E-state index contributed by atoms with van der Waals surface area (Å²) in [6, 6.07) is 44.0. The van der Waals surface area contributed by atoms with Crippen LogP contribution in [0, 0.1) is 0 Å². The molecule has 8 heteroatoms. The van der Waals surface area contributed by atoms with Gasteiger partial charge in [0.05, 0.1) is 0 Å². The van der Waals surface area contributed by atoms with E-state index >= 15 is 0 Å². The molecule has 0 atom stereocenters. The molecule has 4 aromatic rings. The van der Waals surface area contributed by atoms with Gasteiger partial charge in [0, 0.05) is 0 Å². The fraction of sp³-hybridized carbons (Fsp3) is 0.0400. The van der Waals surface area contributed by atoms with Crippen LogP contribution in [0.25, 0.3) is 0 Å². The molecular formula is C25H22F3O3PS. The summed E-state index contributed by atoms with van der Waals surface area (Å²) >= 11 is 0. The summed E-state index contributed by atoms with van der Waals surface area (Å²) in [5.41, 5.74) is -5.53. The molecule has 0 aliphatic carbocycles. The number of hydrogen-bond donors (Lipinski definition) is 1. The Kier molecular flexibility index (Phi) is 7.69. The number of halogens is 3. The number of hydrogen-bond acceptors (Lipinski definition) is 2. The summed E-state index contributed by atoms with van der Waals surface area (Å²) in [5.74, 6) is 0. The molecule has 0 saturated heterocycles. The molecular weight excluding hydrogens is 468 g/mol. The first kappa shape index (κ1) is 24.6. The minimum atomic E-state index is -5.84. The topological polar surface area (TPSA) is 54.4 Å². The monoisotopic (exact) mass is 490 g/mol.